The van der Waals surface area contributed by atoms with E-state index in [4.69, 9.17) is 5.73 Å². The molecule has 0 radical (unpaired) electrons. The molecule has 0 heterocycles. The summed E-state index contributed by atoms with van der Waals surface area (Å²) in [5.74, 6) is -0.623. The highest BCUT2D eigenvalue weighted by molar-refractivity contribution is 5.81. The molecule has 0 aliphatic heterocycles. The Hall–Kier alpha value is -1.76. The maximum Gasteiger partial charge on any atom is 0.405 e. The zero-order chi connectivity index (χ0) is 15.5. The largest absolute Gasteiger partial charge is 0.405 e. The molecular formula is C14H18F3N3O. The van der Waals surface area contributed by atoms with E-state index in [0.717, 1.165) is 24.1 Å². The quantitative estimate of drug-likeness (QED) is 0.842. The molecule has 2 rings (SSSR count). The van der Waals surface area contributed by atoms with E-state index < -0.39 is 18.6 Å². The molecule has 1 saturated carbocycles. The van der Waals surface area contributed by atoms with Crippen LogP contribution in [0.5, 0.6) is 0 Å². The van der Waals surface area contributed by atoms with Gasteiger partial charge in [0.25, 0.3) is 0 Å². The molecule has 0 saturated heterocycles. The van der Waals surface area contributed by atoms with Gasteiger partial charge in [-0.3, -0.25) is 4.79 Å². The number of amides is 1. The number of alkyl halides is 3. The van der Waals surface area contributed by atoms with E-state index in [0.29, 0.717) is 6.54 Å². The number of nitrogens with two attached hydrogens (primary N) is 1. The van der Waals surface area contributed by atoms with Crippen LogP contribution in [-0.4, -0.2) is 31.2 Å². The summed E-state index contributed by atoms with van der Waals surface area (Å²) < 4.78 is 36.3. The number of nitrogens with zero attached hydrogens (tertiary/aromatic N) is 1. The summed E-state index contributed by atoms with van der Waals surface area (Å²) in [6.07, 6.45) is -2.49. The van der Waals surface area contributed by atoms with E-state index in [1.54, 1.807) is 0 Å². The molecule has 0 atom stereocenters. The number of halogens is 3. The Morgan fingerprint density at radius 2 is 1.90 bits per heavy atom. The molecule has 7 heteroatoms. The lowest BCUT2D eigenvalue weighted by atomic mass is 10.2. The van der Waals surface area contributed by atoms with Crippen LogP contribution in [0.25, 0.3) is 0 Å². The minimum atomic E-state index is -4.39. The second kappa shape index (κ2) is 6.34. The second-order valence-corrected chi connectivity index (χ2v) is 5.12. The fourth-order valence-corrected chi connectivity index (χ4v) is 2.05. The lowest BCUT2D eigenvalue weighted by molar-refractivity contribution is -0.137. The first-order valence-corrected chi connectivity index (χ1v) is 6.78. The molecule has 1 fully saturated rings. The third-order valence-corrected chi connectivity index (χ3v) is 3.29. The zero-order valence-corrected chi connectivity index (χ0v) is 11.5. The van der Waals surface area contributed by atoms with E-state index >= 15 is 0 Å². The third-order valence-electron chi connectivity index (χ3n) is 3.29. The SMILES string of the molecule is NCc1ccc(N(CC(=O)NCC(F)(F)F)C2CC2)cc1. The van der Waals surface area contributed by atoms with Crippen molar-refractivity contribution in [1.82, 2.24) is 5.32 Å². The van der Waals surface area contributed by atoms with Crippen molar-refractivity contribution >= 4 is 11.6 Å². The number of benzene rings is 1. The first kappa shape index (κ1) is 15.6. The van der Waals surface area contributed by atoms with Gasteiger partial charge in [0.05, 0.1) is 6.54 Å². The fourth-order valence-electron chi connectivity index (χ4n) is 2.05. The van der Waals surface area contributed by atoms with Crippen LogP contribution < -0.4 is 16.0 Å². The number of carbonyl (C=O) groups excluding carboxylic acids is 1. The average molecular weight is 301 g/mol. The molecule has 0 bridgehead atoms. The maximum atomic E-state index is 12.1. The van der Waals surface area contributed by atoms with E-state index in [2.05, 4.69) is 0 Å². The van der Waals surface area contributed by atoms with Crippen LogP contribution in [0.3, 0.4) is 0 Å². The van der Waals surface area contributed by atoms with Crippen LogP contribution in [0.15, 0.2) is 24.3 Å². The summed E-state index contributed by atoms with van der Waals surface area (Å²) in [6.45, 7) is -0.936. The predicted molar refractivity (Wildman–Crippen MR) is 73.8 cm³/mol. The van der Waals surface area contributed by atoms with Gasteiger partial charge in [0.1, 0.15) is 6.54 Å². The first-order valence-electron chi connectivity index (χ1n) is 6.78. The van der Waals surface area contributed by atoms with Gasteiger partial charge in [-0.15, -0.1) is 0 Å². The van der Waals surface area contributed by atoms with Gasteiger partial charge in [0.15, 0.2) is 0 Å². The molecule has 0 spiro atoms. The minimum Gasteiger partial charge on any atom is -0.359 e. The summed E-state index contributed by atoms with van der Waals surface area (Å²) in [5.41, 5.74) is 7.32. The van der Waals surface area contributed by atoms with Crippen molar-refractivity contribution in [3.05, 3.63) is 29.8 Å². The number of nitrogens with one attached hydrogen (secondary N) is 1. The Morgan fingerprint density at radius 1 is 1.29 bits per heavy atom. The standard InChI is InChI=1S/C14H18F3N3O/c15-14(16,17)9-19-13(21)8-20(12-5-6-12)11-3-1-10(7-18)2-4-11/h1-4,12H,5-9,18H2,(H,19,21). The molecular weight excluding hydrogens is 283 g/mol. The van der Waals surface area contributed by atoms with Gasteiger partial charge in [-0.2, -0.15) is 13.2 Å². The van der Waals surface area contributed by atoms with Crippen LogP contribution in [0, 0.1) is 0 Å². The van der Waals surface area contributed by atoms with Gasteiger partial charge in [0.2, 0.25) is 5.91 Å². The van der Waals surface area contributed by atoms with Crippen molar-refractivity contribution in [2.75, 3.05) is 18.0 Å². The summed E-state index contributed by atoms with van der Waals surface area (Å²) in [4.78, 5) is 13.5. The number of rotatable bonds is 6. The highest BCUT2D eigenvalue weighted by atomic mass is 19.4. The van der Waals surface area contributed by atoms with Crippen molar-refractivity contribution < 1.29 is 18.0 Å². The Bertz CT molecular complexity index is 483. The summed E-state index contributed by atoms with van der Waals surface area (Å²) in [5, 5.41) is 1.90. The molecule has 1 aromatic carbocycles. The Balaban J connectivity index is 1.97. The van der Waals surface area contributed by atoms with E-state index in [1.807, 2.05) is 34.5 Å². The topological polar surface area (TPSA) is 58.4 Å². The Labute approximate surface area is 121 Å². The smallest absolute Gasteiger partial charge is 0.359 e. The van der Waals surface area contributed by atoms with Crippen molar-refractivity contribution in [2.24, 2.45) is 5.73 Å². The Morgan fingerprint density at radius 3 is 2.38 bits per heavy atom. The van der Waals surface area contributed by atoms with Crippen LogP contribution in [0.4, 0.5) is 18.9 Å². The van der Waals surface area contributed by atoms with Gasteiger partial charge in [-0.25, -0.2) is 0 Å². The Kier molecular flexibility index (Phi) is 4.72. The summed E-state index contributed by atoms with van der Waals surface area (Å²) in [6, 6.07) is 7.64. The minimum absolute atomic E-state index is 0.0667. The lowest BCUT2D eigenvalue weighted by Crippen LogP contribution is -2.42. The number of hydrogen-bond acceptors (Lipinski definition) is 3. The maximum absolute atomic E-state index is 12.1. The van der Waals surface area contributed by atoms with Gasteiger partial charge in [-0.1, -0.05) is 12.1 Å². The van der Waals surface area contributed by atoms with Crippen molar-refractivity contribution in [3.8, 4) is 0 Å². The average Bonchev–Trinajstić information content (AvgIpc) is 3.26. The van der Waals surface area contributed by atoms with E-state index in [9.17, 15) is 18.0 Å². The van der Waals surface area contributed by atoms with Gasteiger partial charge >= 0.3 is 6.18 Å². The molecule has 21 heavy (non-hydrogen) atoms. The second-order valence-electron chi connectivity index (χ2n) is 5.12. The van der Waals surface area contributed by atoms with Crippen molar-refractivity contribution in [1.29, 1.82) is 0 Å². The van der Waals surface area contributed by atoms with Gasteiger partial charge in [-0.05, 0) is 30.5 Å². The first-order chi connectivity index (χ1) is 9.89. The van der Waals surface area contributed by atoms with E-state index in [-0.39, 0.29) is 12.6 Å². The molecule has 1 aliphatic carbocycles. The lowest BCUT2D eigenvalue weighted by Gasteiger charge is -2.24. The zero-order valence-electron chi connectivity index (χ0n) is 11.5. The van der Waals surface area contributed by atoms with Crippen molar-refractivity contribution in [2.45, 2.75) is 31.6 Å². The number of hydrogen-bond donors (Lipinski definition) is 2. The van der Waals surface area contributed by atoms with Crippen LogP contribution in [-0.2, 0) is 11.3 Å². The van der Waals surface area contributed by atoms with Crippen molar-refractivity contribution in [3.63, 3.8) is 0 Å². The van der Waals surface area contributed by atoms with E-state index in [1.165, 1.54) is 0 Å². The third kappa shape index (κ3) is 4.93. The number of anilines is 1. The normalized spacial score (nSPS) is 14.9. The molecule has 1 aliphatic rings. The molecule has 3 N–H and O–H groups in total. The number of carbonyl (C=O) groups is 1. The fraction of sp³-hybridized carbons (Fsp3) is 0.500. The molecule has 1 amide bonds. The molecule has 116 valence electrons. The summed E-state index contributed by atoms with van der Waals surface area (Å²) >= 11 is 0. The highest BCUT2D eigenvalue weighted by Crippen LogP contribution is 2.31. The van der Waals surface area contributed by atoms with Gasteiger partial charge < -0.3 is 16.0 Å². The van der Waals surface area contributed by atoms with Crippen LogP contribution >= 0.6 is 0 Å². The molecule has 1 aromatic rings. The van der Waals surface area contributed by atoms with Gasteiger partial charge in [0, 0.05) is 18.3 Å². The predicted octanol–water partition coefficient (Wildman–Crippen LogP) is 1.79. The monoisotopic (exact) mass is 301 g/mol. The molecule has 0 aromatic heterocycles. The molecule has 0 unspecified atom stereocenters. The highest BCUT2D eigenvalue weighted by Gasteiger charge is 2.32. The van der Waals surface area contributed by atoms with Crippen LogP contribution in [0.2, 0.25) is 0 Å². The molecule has 4 nitrogen and oxygen atoms in total. The van der Waals surface area contributed by atoms with Crippen LogP contribution in [0.1, 0.15) is 18.4 Å². The summed E-state index contributed by atoms with van der Waals surface area (Å²) in [7, 11) is 0.